The molecule has 0 saturated heterocycles. The van der Waals surface area contributed by atoms with Crippen molar-refractivity contribution < 1.29 is 0 Å². The van der Waals surface area contributed by atoms with Crippen LogP contribution in [-0.2, 0) is 6.42 Å². The summed E-state index contributed by atoms with van der Waals surface area (Å²) in [4.78, 5) is 0. The van der Waals surface area contributed by atoms with Gasteiger partial charge in [-0.2, -0.15) is 0 Å². The van der Waals surface area contributed by atoms with E-state index in [2.05, 4.69) is 6.92 Å². The van der Waals surface area contributed by atoms with E-state index in [4.69, 9.17) is 28.9 Å². The Balaban J connectivity index is 2.05. The molecule has 0 aromatic heterocycles. The van der Waals surface area contributed by atoms with Crippen LogP contribution in [0.2, 0.25) is 10.0 Å². The fourth-order valence-corrected chi connectivity index (χ4v) is 3.66. The van der Waals surface area contributed by atoms with E-state index in [1.165, 1.54) is 25.7 Å². The molecule has 2 rings (SSSR count). The highest BCUT2D eigenvalue weighted by molar-refractivity contribution is 6.33. The number of hydrogen-bond donors (Lipinski definition) is 1. The lowest BCUT2D eigenvalue weighted by atomic mass is 9.74. The van der Waals surface area contributed by atoms with Gasteiger partial charge in [0, 0.05) is 16.1 Å². The second-order valence-corrected chi connectivity index (χ2v) is 6.68. The van der Waals surface area contributed by atoms with Crippen molar-refractivity contribution in [1.82, 2.24) is 0 Å². The molecule has 0 bridgehead atoms. The first-order valence-corrected chi connectivity index (χ1v) is 8.05. The van der Waals surface area contributed by atoms with Gasteiger partial charge in [0.25, 0.3) is 0 Å². The molecular weight excluding hydrogens is 277 g/mol. The fourth-order valence-electron chi connectivity index (χ4n) is 3.27. The molecule has 1 fully saturated rings. The largest absolute Gasteiger partial charge is 0.327 e. The SMILES string of the molecule is CCCC1CCC(N)C(Cc2cc(Cl)ccc2Cl)C1. The van der Waals surface area contributed by atoms with Crippen molar-refractivity contribution in [3.8, 4) is 0 Å². The average molecular weight is 300 g/mol. The van der Waals surface area contributed by atoms with Crippen LogP contribution in [-0.4, -0.2) is 6.04 Å². The maximum Gasteiger partial charge on any atom is 0.0439 e. The Bertz CT molecular complexity index is 419. The lowest BCUT2D eigenvalue weighted by Crippen LogP contribution is -2.37. The Morgan fingerprint density at radius 2 is 2.05 bits per heavy atom. The van der Waals surface area contributed by atoms with Gasteiger partial charge < -0.3 is 5.73 Å². The number of halogens is 2. The van der Waals surface area contributed by atoms with Crippen LogP contribution in [0.4, 0.5) is 0 Å². The van der Waals surface area contributed by atoms with Crippen molar-refractivity contribution in [1.29, 1.82) is 0 Å². The van der Waals surface area contributed by atoms with E-state index in [0.717, 1.165) is 34.4 Å². The quantitative estimate of drug-likeness (QED) is 0.824. The summed E-state index contributed by atoms with van der Waals surface area (Å²) in [6.07, 6.45) is 7.22. The summed E-state index contributed by atoms with van der Waals surface area (Å²) in [6, 6.07) is 6.02. The minimum absolute atomic E-state index is 0.308. The Labute approximate surface area is 126 Å². The van der Waals surface area contributed by atoms with Gasteiger partial charge >= 0.3 is 0 Å². The van der Waals surface area contributed by atoms with Crippen LogP contribution in [0.25, 0.3) is 0 Å². The standard InChI is InChI=1S/C16H23Cl2N/c1-2-3-11-4-7-16(19)13(8-11)9-12-10-14(17)5-6-15(12)18/h5-6,10-11,13,16H,2-4,7-9,19H2,1H3. The van der Waals surface area contributed by atoms with E-state index in [0.29, 0.717) is 12.0 Å². The number of nitrogens with two attached hydrogens (primary N) is 1. The van der Waals surface area contributed by atoms with Gasteiger partial charge in [0.05, 0.1) is 0 Å². The molecule has 1 nitrogen and oxygen atoms in total. The van der Waals surface area contributed by atoms with E-state index >= 15 is 0 Å². The summed E-state index contributed by atoms with van der Waals surface area (Å²) < 4.78 is 0. The second kappa shape index (κ2) is 6.97. The average Bonchev–Trinajstić information content (AvgIpc) is 2.38. The lowest BCUT2D eigenvalue weighted by molar-refractivity contribution is 0.221. The van der Waals surface area contributed by atoms with Crippen molar-refractivity contribution >= 4 is 23.2 Å². The van der Waals surface area contributed by atoms with Gasteiger partial charge in [-0.25, -0.2) is 0 Å². The fraction of sp³-hybridized carbons (Fsp3) is 0.625. The molecule has 106 valence electrons. The van der Waals surface area contributed by atoms with Gasteiger partial charge in [-0.3, -0.25) is 0 Å². The predicted octanol–water partition coefficient (Wildman–Crippen LogP) is 5.08. The number of benzene rings is 1. The van der Waals surface area contributed by atoms with Crippen LogP contribution in [0.5, 0.6) is 0 Å². The van der Waals surface area contributed by atoms with Crippen LogP contribution in [0, 0.1) is 11.8 Å². The highest BCUT2D eigenvalue weighted by Gasteiger charge is 2.28. The van der Waals surface area contributed by atoms with Crippen LogP contribution in [0.15, 0.2) is 18.2 Å². The van der Waals surface area contributed by atoms with Gasteiger partial charge in [0.2, 0.25) is 0 Å². The Morgan fingerprint density at radius 3 is 2.79 bits per heavy atom. The summed E-state index contributed by atoms with van der Waals surface area (Å²) in [5, 5.41) is 1.57. The van der Waals surface area contributed by atoms with E-state index < -0.39 is 0 Å². The molecule has 1 aliphatic carbocycles. The zero-order chi connectivity index (χ0) is 13.8. The van der Waals surface area contributed by atoms with Crippen LogP contribution < -0.4 is 5.73 Å². The van der Waals surface area contributed by atoms with Crippen molar-refractivity contribution in [3.05, 3.63) is 33.8 Å². The summed E-state index contributed by atoms with van der Waals surface area (Å²) in [7, 11) is 0. The normalized spacial score (nSPS) is 27.5. The Hall–Kier alpha value is -0.240. The third kappa shape index (κ3) is 4.11. The summed E-state index contributed by atoms with van der Waals surface area (Å²) in [6.45, 7) is 2.26. The highest BCUT2D eigenvalue weighted by Crippen LogP contribution is 2.34. The van der Waals surface area contributed by atoms with E-state index in [1.807, 2.05) is 18.2 Å². The second-order valence-electron chi connectivity index (χ2n) is 5.83. The van der Waals surface area contributed by atoms with E-state index in [-0.39, 0.29) is 0 Å². The van der Waals surface area contributed by atoms with Crippen molar-refractivity contribution in [3.63, 3.8) is 0 Å². The molecular formula is C16H23Cl2N. The highest BCUT2D eigenvalue weighted by atomic mass is 35.5. The topological polar surface area (TPSA) is 26.0 Å². The molecule has 1 saturated carbocycles. The van der Waals surface area contributed by atoms with Crippen molar-refractivity contribution in [2.24, 2.45) is 17.6 Å². The maximum atomic E-state index is 6.30. The first-order valence-electron chi connectivity index (χ1n) is 7.29. The lowest BCUT2D eigenvalue weighted by Gasteiger charge is -2.34. The molecule has 0 heterocycles. The summed E-state index contributed by atoms with van der Waals surface area (Å²) in [5.74, 6) is 1.38. The van der Waals surface area contributed by atoms with Gasteiger partial charge in [0.1, 0.15) is 0 Å². The molecule has 1 aromatic carbocycles. The maximum absolute atomic E-state index is 6.30. The molecule has 2 N–H and O–H groups in total. The summed E-state index contributed by atoms with van der Waals surface area (Å²) in [5.41, 5.74) is 7.44. The van der Waals surface area contributed by atoms with Crippen molar-refractivity contribution in [2.45, 2.75) is 51.5 Å². The first kappa shape index (κ1) is 15.2. The zero-order valence-electron chi connectivity index (χ0n) is 11.5. The van der Waals surface area contributed by atoms with E-state index in [9.17, 15) is 0 Å². The minimum Gasteiger partial charge on any atom is -0.327 e. The smallest absolute Gasteiger partial charge is 0.0439 e. The number of hydrogen-bond acceptors (Lipinski definition) is 1. The minimum atomic E-state index is 0.308. The van der Waals surface area contributed by atoms with Crippen LogP contribution in [0.1, 0.15) is 44.6 Å². The monoisotopic (exact) mass is 299 g/mol. The molecule has 3 unspecified atom stereocenters. The molecule has 3 heteroatoms. The van der Waals surface area contributed by atoms with E-state index in [1.54, 1.807) is 0 Å². The first-order chi connectivity index (χ1) is 9.10. The third-order valence-electron chi connectivity index (χ3n) is 4.34. The third-order valence-corrected chi connectivity index (χ3v) is 4.94. The Morgan fingerprint density at radius 1 is 1.26 bits per heavy atom. The molecule has 0 amide bonds. The van der Waals surface area contributed by atoms with Crippen LogP contribution in [0.3, 0.4) is 0 Å². The molecule has 1 aromatic rings. The van der Waals surface area contributed by atoms with Crippen molar-refractivity contribution in [2.75, 3.05) is 0 Å². The number of rotatable bonds is 4. The summed E-state index contributed by atoms with van der Waals surface area (Å²) >= 11 is 12.3. The zero-order valence-corrected chi connectivity index (χ0v) is 13.1. The van der Waals surface area contributed by atoms with Gasteiger partial charge in [-0.05, 0) is 61.3 Å². The molecule has 3 atom stereocenters. The molecule has 0 spiro atoms. The van der Waals surface area contributed by atoms with Gasteiger partial charge in [-0.1, -0.05) is 43.0 Å². The molecule has 0 radical (unpaired) electrons. The Kier molecular flexibility index (Phi) is 5.56. The molecule has 19 heavy (non-hydrogen) atoms. The molecule has 0 aliphatic heterocycles. The van der Waals surface area contributed by atoms with Gasteiger partial charge in [0.15, 0.2) is 0 Å². The predicted molar refractivity (Wildman–Crippen MR) is 83.9 cm³/mol. The molecule has 1 aliphatic rings. The van der Waals surface area contributed by atoms with Gasteiger partial charge in [-0.15, -0.1) is 0 Å². The van der Waals surface area contributed by atoms with Crippen LogP contribution >= 0.6 is 23.2 Å².